The van der Waals surface area contributed by atoms with Gasteiger partial charge in [-0.2, -0.15) is 13.2 Å². The number of nitrogens with zero attached hydrogens (tertiary/aromatic N) is 2. The molecule has 0 saturated carbocycles. The number of alkyl halides is 3. The van der Waals surface area contributed by atoms with Crippen LogP contribution in [0, 0.1) is 0 Å². The summed E-state index contributed by atoms with van der Waals surface area (Å²) < 4.78 is 51.2. The normalized spacial score (nSPS) is 11.5. The summed E-state index contributed by atoms with van der Waals surface area (Å²) >= 11 is 0. The zero-order valence-electron chi connectivity index (χ0n) is 15.2. The second kappa shape index (κ2) is 7.79. The Morgan fingerprint density at radius 3 is 2.57 bits per heavy atom. The summed E-state index contributed by atoms with van der Waals surface area (Å²) in [5.74, 6) is -0.587. The number of ether oxygens (including phenoxy) is 2. The van der Waals surface area contributed by atoms with E-state index in [-0.39, 0.29) is 17.6 Å². The lowest BCUT2D eigenvalue weighted by molar-refractivity contribution is -0.147. The zero-order chi connectivity index (χ0) is 20.3. The smallest absolute Gasteiger partial charge is 0.449 e. The Hall–Kier alpha value is -3.23. The lowest BCUT2D eigenvalue weighted by atomic mass is 10.2. The van der Waals surface area contributed by atoms with Crippen molar-refractivity contribution in [1.29, 1.82) is 0 Å². The number of carbonyl (C=O) groups excluding carboxylic acids is 1. The highest BCUT2D eigenvalue weighted by Crippen LogP contribution is 2.31. The van der Waals surface area contributed by atoms with Crippen LogP contribution in [0.3, 0.4) is 0 Å². The van der Waals surface area contributed by atoms with Crippen molar-refractivity contribution in [3.05, 3.63) is 53.9 Å². The number of hydrogen-bond donors (Lipinski definition) is 1. The number of nitrogens with one attached hydrogen (secondary N) is 1. The van der Waals surface area contributed by atoms with Gasteiger partial charge in [0.05, 0.1) is 25.3 Å². The SMILES string of the molecule is COc1ccc(OC)c(CNC(=O)Cn2c(C(F)(F)F)nc3ccccc32)c1. The van der Waals surface area contributed by atoms with Crippen LogP contribution in [-0.2, 0) is 24.1 Å². The largest absolute Gasteiger partial charge is 0.497 e. The van der Waals surface area contributed by atoms with Crippen LogP contribution >= 0.6 is 0 Å². The summed E-state index contributed by atoms with van der Waals surface area (Å²) in [6.07, 6.45) is -4.67. The van der Waals surface area contributed by atoms with Gasteiger partial charge in [0.25, 0.3) is 0 Å². The maximum Gasteiger partial charge on any atom is 0.449 e. The molecule has 1 heterocycles. The van der Waals surface area contributed by atoms with E-state index in [1.807, 2.05) is 0 Å². The van der Waals surface area contributed by atoms with E-state index in [2.05, 4.69) is 10.3 Å². The average molecular weight is 393 g/mol. The number of methoxy groups -OCH3 is 2. The third-order valence-electron chi connectivity index (χ3n) is 4.17. The van der Waals surface area contributed by atoms with E-state index in [1.165, 1.54) is 26.4 Å². The first-order valence-corrected chi connectivity index (χ1v) is 8.33. The van der Waals surface area contributed by atoms with Gasteiger partial charge in [-0.25, -0.2) is 4.98 Å². The first-order chi connectivity index (χ1) is 13.3. The second-order valence-electron chi connectivity index (χ2n) is 5.96. The topological polar surface area (TPSA) is 65.4 Å². The van der Waals surface area contributed by atoms with Gasteiger partial charge in [-0.15, -0.1) is 0 Å². The number of carbonyl (C=O) groups is 1. The van der Waals surface area contributed by atoms with Crippen LogP contribution in [0.25, 0.3) is 11.0 Å². The summed E-state index contributed by atoms with van der Waals surface area (Å²) in [4.78, 5) is 16.0. The Labute approximate surface area is 158 Å². The number of hydrogen-bond acceptors (Lipinski definition) is 4. The van der Waals surface area contributed by atoms with Crippen molar-refractivity contribution < 1.29 is 27.4 Å². The number of amides is 1. The molecule has 3 rings (SSSR count). The molecule has 1 N–H and O–H groups in total. The molecule has 3 aromatic rings. The number of benzene rings is 2. The molecular formula is C19H18F3N3O3. The molecule has 0 fully saturated rings. The van der Waals surface area contributed by atoms with Crippen LogP contribution < -0.4 is 14.8 Å². The van der Waals surface area contributed by atoms with Crippen molar-refractivity contribution in [3.8, 4) is 11.5 Å². The summed E-state index contributed by atoms with van der Waals surface area (Å²) in [7, 11) is 2.99. The molecule has 0 radical (unpaired) electrons. The van der Waals surface area contributed by atoms with E-state index < -0.39 is 24.5 Å². The predicted octanol–water partition coefficient (Wildman–Crippen LogP) is 3.39. The van der Waals surface area contributed by atoms with Crippen LogP contribution in [0.15, 0.2) is 42.5 Å². The maximum absolute atomic E-state index is 13.3. The van der Waals surface area contributed by atoms with Crippen molar-refractivity contribution in [3.63, 3.8) is 0 Å². The Morgan fingerprint density at radius 1 is 1.14 bits per heavy atom. The highest BCUT2D eigenvalue weighted by atomic mass is 19.4. The highest BCUT2D eigenvalue weighted by Gasteiger charge is 2.37. The van der Waals surface area contributed by atoms with Gasteiger partial charge in [0.2, 0.25) is 11.7 Å². The minimum Gasteiger partial charge on any atom is -0.497 e. The second-order valence-corrected chi connectivity index (χ2v) is 5.96. The number of para-hydroxylation sites is 2. The van der Waals surface area contributed by atoms with E-state index in [1.54, 1.807) is 30.3 Å². The molecule has 0 unspecified atom stereocenters. The molecule has 1 amide bonds. The fourth-order valence-electron chi connectivity index (χ4n) is 2.87. The minimum atomic E-state index is -4.67. The van der Waals surface area contributed by atoms with Crippen molar-refractivity contribution in [2.75, 3.05) is 14.2 Å². The molecular weight excluding hydrogens is 375 g/mol. The van der Waals surface area contributed by atoms with E-state index >= 15 is 0 Å². The van der Waals surface area contributed by atoms with Gasteiger partial charge in [0.15, 0.2) is 0 Å². The Morgan fingerprint density at radius 2 is 1.89 bits per heavy atom. The van der Waals surface area contributed by atoms with Crippen molar-refractivity contribution in [2.24, 2.45) is 0 Å². The van der Waals surface area contributed by atoms with Gasteiger partial charge in [0.1, 0.15) is 18.0 Å². The average Bonchev–Trinajstić information content (AvgIpc) is 3.05. The quantitative estimate of drug-likeness (QED) is 0.697. The molecule has 2 aromatic carbocycles. The Kier molecular flexibility index (Phi) is 5.43. The summed E-state index contributed by atoms with van der Waals surface area (Å²) in [6, 6.07) is 11.2. The van der Waals surface area contributed by atoms with E-state index in [4.69, 9.17) is 9.47 Å². The molecule has 148 valence electrons. The number of rotatable bonds is 6. The minimum absolute atomic E-state index is 0.0766. The number of halogens is 3. The highest BCUT2D eigenvalue weighted by molar-refractivity contribution is 5.81. The molecule has 0 atom stereocenters. The molecule has 1 aromatic heterocycles. The molecule has 28 heavy (non-hydrogen) atoms. The third kappa shape index (κ3) is 4.03. The molecule has 9 heteroatoms. The maximum atomic E-state index is 13.3. The predicted molar refractivity (Wildman–Crippen MR) is 96.1 cm³/mol. The number of aromatic nitrogens is 2. The molecule has 0 aliphatic carbocycles. The Bertz CT molecular complexity index is 999. The molecule has 0 saturated heterocycles. The van der Waals surface area contributed by atoms with Gasteiger partial charge in [-0.1, -0.05) is 12.1 Å². The molecule has 6 nitrogen and oxygen atoms in total. The Balaban J connectivity index is 1.81. The van der Waals surface area contributed by atoms with Crippen LogP contribution in [0.4, 0.5) is 13.2 Å². The van der Waals surface area contributed by atoms with Gasteiger partial charge in [-0.3, -0.25) is 4.79 Å². The van der Waals surface area contributed by atoms with Crippen molar-refractivity contribution in [2.45, 2.75) is 19.3 Å². The molecule has 0 aliphatic heterocycles. The third-order valence-corrected chi connectivity index (χ3v) is 4.17. The standard InChI is InChI=1S/C19H18F3N3O3/c1-27-13-7-8-16(28-2)12(9-13)10-23-17(26)11-25-15-6-4-3-5-14(15)24-18(25)19(20,21)22/h3-9H,10-11H2,1-2H3,(H,23,26). The number of imidazole rings is 1. The van der Waals surface area contributed by atoms with Gasteiger partial charge in [0, 0.05) is 12.1 Å². The molecule has 0 bridgehead atoms. The van der Waals surface area contributed by atoms with Crippen molar-refractivity contribution in [1.82, 2.24) is 14.9 Å². The zero-order valence-corrected chi connectivity index (χ0v) is 15.2. The van der Waals surface area contributed by atoms with Crippen LogP contribution in [0.2, 0.25) is 0 Å². The summed E-state index contributed by atoms with van der Waals surface area (Å²) in [5.41, 5.74) is 1.06. The lowest BCUT2D eigenvalue weighted by Crippen LogP contribution is -2.29. The summed E-state index contributed by atoms with van der Waals surface area (Å²) in [6.45, 7) is -0.436. The summed E-state index contributed by atoms with van der Waals surface area (Å²) in [5, 5.41) is 2.62. The van der Waals surface area contributed by atoms with E-state index in [0.717, 1.165) is 4.57 Å². The monoisotopic (exact) mass is 393 g/mol. The van der Waals surface area contributed by atoms with Crippen LogP contribution in [-0.4, -0.2) is 29.7 Å². The first-order valence-electron chi connectivity index (χ1n) is 8.33. The van der Waals surface area contributed by atoms with Gasteiger partial charge < -0.3 is 19.4 Å². The van der Waals surface area contributed by atoms with Crippen LogP contribution in [0.5, 0.6) is 11.5 Å². The molecule has 0 spiro atoms. The first kappa shape index (κ1) is 19.5. The number of fused-ring (bicyclic) bond motifs is 1. The van der Waals surface area contributed by atoms with Crippen molar-refractivity contribution >= 4 is 16.9 Å². The van der Waals surface area contributed by atoms with Crippen LogP contribution in [0.1, 0.15) is 11.4 Å². The van der Waals surface area contributed by atoms with E-state index in [0.29, 0.717) is 17.1 Å². The van der Waals surface area contributed by atoms with E-state index in [9.17, 15) is 18.0 Å². The van der Waals surface area contributed by atoms with Gasteiger partial charge in [-0.05, 0) is 30.3 Å². The fraction of sp³-hybridized carbons (Fsp3) is 0.263. The fourth-order valence-corrected chi connectivity index (χ4v) is 2.87. The molecule has 0 aliphatic rings. The van der Waals surface area contributed by atoms with Gasteiger partial charge >= 0.3 is 6.18 Å². The lowest BCUT2D eigenvalue weighted by Gasteiger charge is -2.13.